The summed E-state index contributed by atoms with van der Waals surface area (Å²) in [5.74, 6) is 0. The van der Waals surface area contributed by atoms with Gasteiger partial charge in [-0.2, -0.15) is 18.3 Å². The Balaban J connectivity index is 2.04. The van der Waals surface area contributed by atoms with E-state index in [1.807, 2.05) is 7.05 Å². The summed E-state index contributed by atoms with van der Waals surface area (Å²) < 4.78 is 40.1. The van der Waals surface area contributed by atoms with E-state index in [-0.39, 0.29) is 6.04 Å². The highest BCUT2D eigenvalue weighted by Crippen LogP contribution is 2.33. The monoisotopic (exact) mass is 295 g/mol. The second kappa shape index (κ2) is 5.18. The number of hydrogen-bond donors (Lipinski definition) is 1. The fourth-order valence-corrected chi connectivity index (χ4v) is 2.89. The van der Waals surface area contributed by atoms with E-state index in [0.29, 0.717) is 5.69 Å². The molecule has 1 aromatic heterocycles. The lowest BCUT2D eigenvalue weighted by molar-refractivity contribution is -0.137. The summed E-state index contributed by atoms with van der Waals surface area (Å²) in [5.41, 5.74) is 1.90. The van der Waals surface area contributed by atoms with E-state index >= 15 is 0 Å². The Labute approximate surface area is 120 Å². The quantitative estimate of drug-likeness (QED) is 0.919. The molecule has 0 fully saturated rings. The SMILES string of the molecule is CNC1CCCc2c1cnn2-c1cccc(C(F)(F)F)c1. The van der Waals surface area contributed by atoms with Gasteiger partial charge in [0.1, 0.15) is 0 Å². The van der Waals surface area contributed by atoms with Crippen LogP contribution in [0.5, 0.6) is 0 Å². The Morgan fingerprint density at radius 1 is 1.33 bits per heavy atom. The van der Waals surface area contributed by atoms with Gasteiger partial charge in [-0.25, -0.2) is 4.68 Å². The summed E-state index contributed by atoms with van der Waals surface area (Å²) >= 11 is 0. The average molecular weight is 295 g/mol. The Hall–Kier alpha value is -1.82. The molecule has 2 aromatic rings. The third-order valence-electron chi connectivity index (χ3n) is 3.95. The van der Waals surface area contributed by atoms with Crippen molar-refractivity contribution in [1.29, 1.82) is 0 Å². The highest BCUT2D eigenvalue weighted by atomic mass is 19.4. The van der Waals surface area contributed by atoms with Gasteiger partial charge in [-0.05, 0) is 44.5 Å². The van der Waals surface area contributed by atoms with Gasteiger partial charge in [-0.1, -0.05) is 6.07 Å². The van der Waals surface area contributed by atoms with E-state index in [1.165, 1.54) is 6.07 Å². The second-order valence-corrected chi connectivity index (χ2v) is 5.24. The molecule has 0 bridgehead atoms. The predicted molar refractivity (Wildman–Crippen MR) is 73.3 cm³/mol. The van der Waals surface area contributed by atoms with Crippen molar-refractivity contribution in [2.45, 2.75) is 31.5 Å². The highest BCUT2D eigenvalue weighted by molar-refractivity contribution is 5.40. The molecule has 1 aliphatic rings. The molecule has 1 N–H and O–H groups in total. The molecular weight excluding hydrogens is 279 g/mol. The van der Waals surface area contributed by atoms with E-state index in [4.69, 9.17) is 0 Å². The zero-order chi connectivity index (χ0) is 15.0. The molecule has 0 saturated carbocycles. The molecule has 0 aliphatic heterocycles. The third-order valence-corrected chi connectivity index (χ3v) is 3.95. The van der Waals surface area contributed by atoms with E-state index < -0.39 is 11.7 Å². The molecule has 112 valence electrons. The summed E-state index contributed by atoms with van der Waals surface area (Å²) in [6, 6.07) is 5.54. The van der Waals surface area contributed by atoms with E-state index in [1.54, 1.807) is 16.9 Å². The van der Waals surface area contributed by atoms with Crippen LogP contribution in [0.2, 0.25) is 0 Å². The Bertz CT molecular complexity index is 646. The molecule has 0 radical (unpaired) electrons. The second-order valence-electron chi connectivity index (χ2n) is 5.24. The van der Waals surface area contributed by atoms with E-state index in [9.17, 15) is 13.2 Å². The first-order chi connectivity index (χ1) is 10.0. The number of aromatic nitrogens is 2. The summed E-state index contributed by atoms with van der Waals surface area (Å²) in [6.45, 7) is 0. The van der Waals surface area contributed by atoms with Crippen LogP contribution in [-0.4, -0.2) is 16.8 Å². The minimum Gasteiger partial charge on any atom is -0.313 e. The minimum atomic E-state index is -4.34. The van der Waals surface area contributed by atoms with Gasteiger partial charge in [0.05, 0.1) is 17.4 Å². The summed E-state index contributed by atoms with van der Waals surface area (Å²) in [4.78, 5) is 0. The van der Waals surface area contributed by atoms with Crippen LogP contribution in [0.25, 0.3) is 5.69 Å². The van der Waals surface area contributed by atoms with Crippen molar-refractivity contribution in [2.75, 3.05) is 7.05 Å². The van der Waals surface area contributed by atoms with Gasteiger partial charge in [0.25, 0.3) is 0 Å². The van der Waals surface area contributed by atoms with Gasteiger partial charge >= 0.3 is 6.18 Å². The lowest BCUT2D eigenvalue weighted by Gasteiger charge is -2.22. The molecule has 0 amide bonds. The molecule has 3 rings (SSSR count). The maximum atomic E-state index is 12.8. The van der Waals surface area contributed by atoms with Crippen LogP contribution in [-0.2, 0) is 12.6 Å². The largest absolute Gasteiger partial charge is 0.416 e. The summed E-state index contributed by atoms with van der Waals surface area (Å²) in [6.07, 6.45) is 0.289. The first kappa shape index (κ1) is 14.1. The fourth-order valence-electron chi connectivity index (χ4n) is 2.89. The molecule has 21 heavy (non-hydrogen) atoms. The minimum absolute atomic E-state index is 0.230. The fraction of sp³-hybridized carbons (Fsp3) is 0.400. The van der Waals surface area contributed by atoms with Crippen LogP contribution in [0.1, 0.15) is 35.7 Å². The van der Waals surface area contributed by atoms with Gasteiger partial charge in [0, 0.05) is 17.3 Å². The van der Waals surface area contributed by atoms with Crippen LogP contribution in [0, 0.1) is 0 Å². The standard InChI is InChI=1S/C15H16F3N3/c1-19-13-6-3-7-14-12(13)9-20-21(14)11-5-2-4-10(8-11)15(16,17)18/h2,4-5,8-9,13,19H,3,6-7H2,1H3. The van der Waals surface area contributed by atoms with Gasteiger partial charge in [-0.3, -0.25) is 0 Å². The molecular formula is C15H16F3N3. The number of benzene rings is 1. The molecule has 3 nitrogen and oxygen atoms in total. The zero-order valence-corrected chi connectivity index (χ0v) is 11.6. The third kappa shape index (κ3) is 2.55. The Morgan fingerprint density at radius 3 is 2.86 bits per heavy atom. The van der Waals surface area contributed by atoms with Crippen LogP contribution in [0.3, 0.4) is 0 Å². The van der Waals surface area contributed by atoms with Gasteiger partial charge < -0.3 is 5.32 Å². The van der Waals surface area contributed by atoms with E-state index in [0.717, 1.165) is 42.7 Å². The lowest BCUT2D eigenvalue weighted by atomic mass is 9.93. The number of rotatable bonds is 2. The number of nitrogens with zero attached hydrogens (tertiary/aromatic N) is 2. The molecule has 1 aromatic carbocycles. The molecule has 1 heterocycles. The first-order valence-electron chi connectivity index (χ1n) is 6.92. The van der Waals surface area contributed by atoms with Gasteiger partial charge in [0.2, 0.25) is 0 Å². The van der Waals surface area contributed by atoms with Crippen molar-refractivity contribution in [3.8, 4) is 5.69 Å². The number of fused-ring (bicyclic) bond motifs is 1. The highest BCUT2D eigenvalue weighted by Gasteiger charge is 2.31. The maximum Gasteiger partial charge on any atom is 0.416 e. The van der Waals surface area contributed by atoms with Crippen LogP contribution in [0.15, 0.2) is 30.5 Å². The normalized spacial score (nSPS) is 18.6. The first-order valence-corrected chi connectivity index (χ1v) is 6.92. The summed E-state index contributed by atoms with van der Waals surface area (Å²) in [5, 5.41) is 7.53. The topological polar surface area (TPSA) is 29.9 Å². The maximum absolute atomic E-state index is 12.8. The number of alkyl halides is 3. The average Bonchev–Trinajstić information content (AvgIpc) is 2.90. The number of hydrogen-bond acceptors (Lipinski definition) is 2. The Kier molecular flexibility index (Phi) is 3.49. The molecule has 0 spiro atoms. The zero-order valence-electron chi connectivity index (χ0n) is 11.6. The van der Waals surface area contributed by atoms with Crippen LogP contribution < -0.4 is 5.32 Å². The van der Waals surface area contributed by atoms with Crippen molar-refractivity contribution >= 4 is 0 Å². The molecule has 1 atom stereocenters. The van der Waals surface area contributed by atoms with Crippen LogP contribution in [0.4, 0.5) is 13.2 Å². The predicted octanol–water partition coefficient (Wildman–Crippen LogP) is 3.49. The van der Waals surface area contributed by atoms with Crippen molar-refractivity contribution in [3.05, 3.63) is 47.3 Å². The number of halogens is 3. The van der Waals surface area contributed by atoms with Crippen molar-refractivity contribution < 1.29 is 13.2 Å². The summed E-state index contributed by atoms with van der Waals surface area (Å²) in [7, 11) is 1.89. The van der Waals surface area contributed by atoms with Gasteiger partial charge in [0.15, 0.2) is 0 Å². The molecule has 1 unspecified atom stereocenters. The Morgan fingerprint density at radius 2 is 2.14 bits per heavy atom. The van der Waals surface area contributed by atoms with Crippen LogP contribution >= 0.6 is 0 Å². The number of nitrogens with one attached hydrogen (secondary N) is 1. The van der Waals surface area contributed by atoms with Gasteiger partial charge in [-0.15, -0.1) is 0 Å². The molecule has 0 saturated heterocycles. The lowest BCUT2D eigenvalue weighted by Crippen LogP contribution is -2.21. The molecule has 1 aliphatic carbocycles. The molecule has 6 heteroatoms. The van der Waals surface area contributed by atoms with Crippen molar-refractivity contribution in [3.63, 3.8) is 0 Å². The van der Waals surface area contributed by atoms with Crippen molar-refractivity contribution in [2.24, 2.45) is 0 Å². The van der Waals surface area contributed by atoms with E-state index in [2.05, 4.69) is 10.4 Å². The smallest absolute Gasteiger partial charge is 0.313 e. The van der Waals surface area contributed by atoms with Crippen molar-refractivity contribution in [1.82, 2.24) is 15.1 Å².